The molecule has 0 aliphatic rings. The first-order valence-electron chi connectivity index (χ1n) is 7.70. The summed E-state index contributed by atoms with van der Waals surface area (Å²) in [6.07, 6.45) is 3.39. The van der Waals surface area contributed by atoms with Crippen LogP contribution in [0, 0.1) is 0 Å². The Balaban J connectivity index is 1.70. The molecule has 0 saturated heterocycles. The number of hydrogen-bond donors (Lipinski definition) is 1. The Bertz CT molecular complexity index is 940. The van der Waals surface area contributed by atoms with Crippen LogP contribution in [0.5, 0.6) is 5.75 Å². The number of ether oxygens (including phenoxy) is 1. The van der Waals surface area contributed by atoms with Gasteiger partial charge >= 0.3 is 0 Å². The second kappa shape index (κ2) is 8.85. The van der Waals surface area contributed by atoms with Crippen LogP contribution in [0.1, 0.15) is 5.56 Å². The molecule has 0 saturated carbocycles. The summed E-state index contributed by atoms with van der Waals surface area (Å²) >= 11 is 13.6. The van der Waals surface area contributed by atoms with Gasteiger partial charge in [0.2, 0.25) is 5.13 Å². The van der Waals surface area contributed by atoms with Crippen molar-refractivity contribution in [1.29, 1.82) is 0 Å². The summed E-state index contributed by atoms with van der Waals surface area (Å²) in [5.41, 5.74) is 5.38. The molecule has 132 valence electrons. The van der Waals surface area contributed by atoms with Crippen LogP contribution in [0.3, 0.4) is 0 Å². The Hall–Kier alpha value is -2.34. The number of hydrazone groups is 1. The third kappa shape index (κ3) is 4.64. The number of nitrogens with one attached hydrogen (secondary N) is 1. The van der Waals surface area contributed by atoms with E-state index in [1.807, 2.05) is 35.7 Å². The number of para-hydroxylation sites is 1. The fourth-order valence-electron chi connectivity index (χ4n) is 2.17. The van der Waals surface area contributed by atoms with Crippen LogP contribution in [0.2, 0.25) is 10.0 Å². The van der Waals surface area contributed by atoms with Gasteiger partial charge in [0.05, 0.1) is 16.9 Å². The van der Waals surface area contributed by atoms with Crippen LogP contribution in [0.25, 0.3) is 11.3 Å². The molecule has 0 spiro atoms. The Labute approximate surface area is 165 Å². The fraction of sp³-hybridized carbons (Fsp3) is 0.0526. The van der Waals surface area contributed by atoms with Gasteiger partial charge < -0.3 is 4.74 Å². The van der Waals surface area contributed by atoms with Gasteiger partial charge in [-0.25, -0.2) is 4.98 Å². The third-order valence-corrected chi connectivity index (χ3v) is 4.65. The van der Waals surface area contributed by atoms with E-state index in [9.17, 15) is 0 Å². The average Bonchev–Trinajstić information content (AvgIpc) is 3.09. The van der Waals surface area contributed by atoms with Gasteiger partial charge in [-0.3, -0.25) is 5.43 Å². The highest BCUT2D eigenvalue weighted by Crippen LogP contribution is 2.32. The number of aromatic nitrogens is 1. The summed E-state index contributed by atoms with van der Waals surface area (Å²) in [5, 5.41) is 7.96. The minimum absolute atomic E-state index is 0.440. The quantitative estimate of drug-likeness (QED) is 0.293. The minimum Gasteiger partial charge on any atom is -0.489 e. The zero-order valence-electron chi connectivity index (χ0n) is 13.7. The second-order valence-corrected chi connectivity index (χ2v) is 6.87. The van der Waals surface area contributed by atoms with Crippen molar-refractivity contribution in [1.82, 2.24) is 4.98 Å². The number of benzene rings is 2. The lowest BCUT2D eigenvalue weighted by atomic mass is 10.2. The van der Waals surface area contributed by atoms with Gasteiger partial charge in [-0.15, -0.1) is 11.3 Å². The number of thiazole rings is 1. The van der Waals surface area contributed by atoms with E-state index in [1.54, 1.807) is 24.4 Å². The van der Waals surface area contributed by atoms with Gasteiger partial charge in [-0.2, -0.15) is 5.10 Å². The van der Waals surface area contributed by atoms with E-state index < -0.39 is 0 Å². The minimum atomic E-state index is 0.440. The Morgan fingerprint density at radius 2 is 2.08 bits per heavy atom. The largest absolute Gasteiger partial charge is 0.489 e. The van der Waals surface area contributed by atoms with E-state index in [0.717, 1.165) is 22.6 Å². The molecule has 0 amide bonds. The topological polar surface area (TPSA) is 46.5 Å². The third-order valence-electron chi connectivity index (χ3n) is 3.35. The molecule has 0 unspecified atom stereocenters. The molecule has 1 N–H and O–H groups in total. The molecule has 4 nitrogen and oxygen atoms in total. The lowest BCUT2D eigenvalue weighted by Gasteiger charge is -2.06. The molecule has 7 heteroatoms. The van der Waals surface area contributed by atoms with Crippen molar-refractivity contribution < 1.29 is 4.74 Å². The molecule has 0 aliphatic carbocycles. The van der Waals surface area contributed by atoms with Crippen molar-refractivity contribution in [2.24, 2.45) is 5.10 Å². The van der Waals surface area contributed by atoms with Gasteiger partial charge in [0, 0.05) is 21.5 Å². The van der Waals surface area contributed by atoms with Crippen LogP contribution < -0.4 is 10.2 Å². The van der Waals surface area contributed by atoms with Crippen LogP contribution in [0.15, 0.2) is 65.6 Å². The predicted molar refractivity (Wildman–Crippen MR) is 111 cm³/mol. The van der Waals surface area contributed by atoms with E-state index in [0.29, 0.717) is 21.8 Å². The van der Waals surface area contributed by atoms with Gasteiger partial charge in [-0.05, 0) is 30.3 Å². The van der Waals surface area contributed by atoms with Crippen molar-refractivity contribution in [3.8, 4) is 17.0 Å². The zero-order chi connectivity index (χ0) is 18.4. The molecule has 0 aliphatic heterocycles. The van der Waals surface area contributed by atoms with Crippen LogP contribution >= 0.6 is 34.5 Å². The highest BCUT2D eigenvalue weighted by Gasteiger charge is 2.08. The number of halogens is 2. The lowest BCUT2D eigenvalue weighted by molar-refractivity contribution is 0.363. The van der Waals surface area contributed by atoms with Gasteiger partial charge in [0.25, 0.3) is 0 Å². The Morgan fingerprint density at radius 1 is 1.23 bits per heavy atom. The second-order valence-electron chi connectivity index (χ2n) is 5.17. The molecule has 0 fully saturated rings. The first kappa shape index (κ1) is 18.5. The van der Waals surface area contributed by atoms with E-state index in [-0.39, 0.29) is 0 Å². The first-order chi connectivity index (χ1) is 12.7. The average molecular weight is 404 g/mol. The molecule has 0 atom stereocenters. The summed E-state index contributed by atoms with van der Waals surface area (Å²) in [4.78, 5) is 4.50. The number of nitrogens with zero attached hydrogens (tertiary/aromatic N) is 2. The summed E-state index contributed by atoms with van der Waals surface area (Å²) in [6, 6.07) is 13.0. The summed E-state index contributed by atoms with van der Waals surface area (Å²) in [5.74, 6) is 0.741. The molecule has 3 aromatic rings. The number of hydrogen-bond acceptors (Lipinski definition) is 5. The monoisotopic (exact) mass is 403 g/mol. The van der Waals surface area contributed by atoms with Crippen LogP contribution in [-0.4, -0.2) is 17.8 Å². The highest BCUT2D eigenvalue weighted by molar-refractivity contribution is 7.14. The molecule has 1 heterocycles. The van der Waals surface area contributed by atoms with Gasteiger partial charge in [0.15, 0.2) is 0 Å². The summed E-state index contributed by atoms with van der Waals surface area (Å²) < 4.78 is 5.60. The summed E-state index contributed by atoms with van der Waals surface area (Å²) in [6.45, 7) is 4.09. The highest BCUT2D eigenvalue weighted by atomic mass is 35.5. The van der Waals surface area contributed by atoms with E-state index >= 15 is 0 Å². The molecule has 26 heavy (non-hydrogen) atoms. The standard InChI is InChI=1S/C19H15Cl2N3OS/c1-2-9-25-18-6-4-3-5-13(18)11-22-24-19-23-17(12-26-19)15-8-7-14(20)10-16(15)21/h2-8,10-12H,1,9H2,(H,23,24)/b22-11+. The van der Waals surface area contributed by atoms with E-state index in [4.69, 9.17) is 27.9 Å². The van der Waals surface area contributed by atoms with Crippen molar-refractivity contribution in [2.45, 2.75) is 0 Å². The van der Waals surface area contributed by atoms with E-state index in [1.165, 1.54) is 11.3 Å². The maximum absolute atomic E-state index is 6.23. The molecule has 0 radical (unpaired) electrons. The van der Waals surface area contributed by atoms with Gasteiger partial charge in [-0.1, -0.05) is 48.0 Å². The smallest absolute Gasteiger partial charge is 0.203 e. The number of anilines is 1. The zero-order valence-corrected chi connectivity index (χ0v) is 16.0. The normalized spacial score (nSPS) is 10.8. The summed E-state index contributed by atoms with van der Waals surface area (Å²) in [7, 11) is 0. The first-order valence-corrected chi connectivity index (χ1v) is 9.33. The van der Waals surface area contributed by atoms with Crippen LogP contribution in [0.4, 0.5) is 5.13 Å². The number of rotatable bonds is 7. The van der Waals surface area contributed by atoms with Crippen molar-refractivity contribution in [2.75, 3.05) is 12.0 Å². The SMILES string of the molecule is C=CCOc1ccccc1/C=N/Nc1nc(-c2ccc(Cl)cc2Cl)cs1. The maximum Gasteiger partial charge on any atom is 0.203 e. The van der Waals surface area contributed by atoms with Crippen molar-refractivity contribution in [3.63, 3.8) is 0 Å². The Morgan fingerprint density at radius 3 is 2.88 bits per heavy atom. The molecule has 0 bridgehead atoms. The molecular weight excluding hydrogens is 389 g/mol. The Kier molecular flexibility index (Phi) is 6.28. The predicted octanol–water partition coefficient (Wildman–Crippen LogP) is 6.13. The molecular formula is C19H15Cl2N3OS. The van der Waals surface area contributed by atoms with Crippen molar-refractivity contribution >= 4 is 45.9 Å². The van der Waals surface area contributed by atoms with Crippen LogP contribution in [-0.2, 0) is 0 Å². The fourth-order valence-corrected chi connectivity index (χ4v) is 3.34. The van der Waals surface area contributed by atoms with E-state index in [2.05, 4.69) is 22.1 Å². The van der Waals surface area contributed by atoms with Crippen molar-refractivity contribution in [3.05, 3.63) is 76.1 Å². The van der Waals surface area contributed by atoms with Gasteiger partial charge in [0.1, 0.15) is 12.4 Å². The molecule has 3 rings (SSSR count). The maximum atomic E-state index is 6.23. The molecule has 2 aromatic carbocycles. The lowest BCUT2D eigenvalue weighted by Crippen LogP contribution is -1.97. The molecule has 1 aromatic heterocycles.